The molecule has 0 radical (unpaired) electrons. The molecule has 0 saturated carbocycles. The summed E-state index contributed by atoms with van der Waals surface area (Å²) in [5.74, 6) is 0.497. The first-order valence-electron chi connectivity index (χ1n) is 10.7. The highest BCUT2D eigenvalue weighted by atomic mass is 32.1. The number of hydrogen-bond acceptors (Lipinski definition) is 2. The zero-order valence-corrected chi connectivity index (χ0v) is 19.1. The van der Waals surface area contributed by atoms with Gasteiger partial charge in [-0.1, -0.05) is 71.0 Å². The predicted octanol–water partition coefficient (Wildman–Crippen LogP) is 8.69. The lowest BCUT2D eigenvalue weighted by molar-refractivity contribution is 0.596. The highest BCUT2D eigenvalue weighted by Gasteiger charge is 2.20. The average Bonchev–Trinajstić information content (AvgIpc) is 3.11. The number of nitrogens with zero attached hydrogens (tertiary/aromatic N) is 1. The summed E-state index contributed by atoms with van der Waals surface area (Å²) in [5, 5.41) is 5.34. The predicted molar refractivity (Wildman–Crippen MR) is 133 cm³/mol. The van der Waals surface area contributed by atoms with Crippen LogP contribution in [0.4, 0.5) is 0 Å². The van der Waals surface area contributed by atoms with Crippen LogP contribution in [0.2, 0.25) is 0 Å². The van der Waals surface area contributed by atoms with Gasteiger partial charge in [-0.15, -0.1) is 11.3 Å². The number of thiophene rings is 1. The molecule has 0 aliphatic carbocycles. The zero-order valence-electron chi connectivity index (χ0n) is 18.3. The molecule has 0 atom stereocenters. The molecule has 0 saturated heterocycles. The van der Waals surface area contributed by atoms with Crippen molar-refractivity contribution in [1.82, 2.24) is 4.98 Å². The minimum atomic E-state index is 0.0640. The molecule has 0 spiro atoms. The third-order valence-electron chi connectivity index (χ3n) is 6.01. The molecule has 2 heteroatoms. The van der Waals surface area contributed by atoms with Gasteiger partial charge in [0.05, 0.1) is 10.4 Å². The van der Waals surface area contributed by atoms with E-state index in [4.69, 9.17) is 4.98 Å². The van der Waals surface area contributed by atoms with Crippen molar-refractivity contribution in [2.45, 2.75) is 46.0 Å². The first-order valence-corrected chi connectivity index (χ1v) is 11.5. The molecular formula is C28H27NS. The number of rotatable bonds is 2. The number of pyridine rings is 1. The topological polar surface area (TPSA) is 12.9 Å². The maximum atomic E-state index is 4.89. The van der Waals surface area contributed by atoms with E-state index >= 15 is 0 Å². The fourth-order valence-corrected chi connectivity index (χ4v) is 5.78. The molecule has 3 aromatic carbocycles. The van der Waals surface area contributed by atoms with Crippen LogP contribution in [0.1, 0.15) is 51.7 Å². The molecule has 0 N–H and O–H groups in total. The van der Waals surface area contributed by atoms with Crippen LogP contribution in [0, 0.1) is 0 Å². The van der Waals surface area contributed by atoms with Gasteiger partial charge in [-0.25, -0.2) is 0 Å². The van der Waals surface area contributed by atoms with E-state index in [1.165, 1.54) is 47.6 Å². The van der Waals surface area contributed by atoms with Crippen molar-refractivity contribution in [3.63, 3.8) is 0 Å². The van der Waals surface area contributed by atoms with Crippen LogP contribution in [0.3, 0.4) is 0 Å². The van der Waals surface area contributed by atoms with Gasteiger partial charge in [0.15, 0.2) is 0 Å². The number of aromatic nitrogens is 1. The summed E-state index contributed by atoms with van der Waals surface area (Å²) in [5.41, 5.74) is 5.17. The molecule has 0 amide bonds. The summed E-state index contributed by atoms with van der Waals surface area (Å²) >= 11 is 1.87. The summed E-state index contributed by atoms with van der Waals surface area (Å²) in [6, 6.07) is 22.3. The average molecular weight is 410 g/mol. The lowest BCUT2D eigenvalue weighted by Gasteiger charge is -2.22. The van der Waals surface area contributed by atoms with Crippen LogP contribution in [-0.4, -0.2) is 4.98 Å². The van der Waals surface area contributed by atoms with E-state index in [-0.39, 0.29) is 5.41 Å². The summed E-state index contributed by atoms with van der Waals surface area (Å²) in [6.45, 7) is 11.4. The van der Waals surface area contributed by atoms with Gasteiger partial charge in [0.1, 0.15) is 0 Å². The maximum absolute atomic E-state index is 4.89. The van der Waals surface area contributed by atoms with E-state index in [0.717, 1.165) is 5.69 Å². The lowest BCUT2D eigenvalue weighted by Crippen LogP contribution is -2.12. The second-order valence-corrected chi connectivity index (χ2v) is 10.6. The van der Waals surface area contributed by atoms with Crippen molar-refractivity contribution < 1.29 is 0 Å². The van der Waals surface area contributed by atoms with Gasteiger partial charge in [0.2, 0.25) is 0 Å². The molecule has 1 nitrogen and oxygen atoms in total. The molecule has 150 valence electrons. The normalized spacial score (nSPS) is 12.5. The largest absolute Gasteiger partial charge is 0.255 e. The zero-order chi connectivity index (χ0) is 21.0. The Morgan fingerprint density at radius 1 is 0.867 bits per heavy atom. The Bertz CT molecular complexity index is 1400. The van der Waals surface area contributed by atoms with Crippen molar-refractivity contribution in [3.8, 4) is 11.3 Å². The highest BCUT2D eigenvalue weighted by Crippen LogP contribution is 2.43. The van der Waals surface area contributed by atoms with Crippen LogP contribution < -0.4 is 0 Å². The number of benzene rings is 3. The monoisotopic (exact) mass is 409 g/mol. The third-order valence-corrected chi connectivity index (χ3v) is 7.19. The smallest absolute Gasteiger partial charge is 0.0880 e. The fourth-order valence-electron chi connectivity index (χ4n) is 4.53. The van der Waals surface area contributed by atoms with Crippen LogP contribution in [-0.2, 0) is 5.41 Å². The van der Waals surface area contributed by atoms with Crippen molar-refractivity contribution in [3.05, 3.63) is 78.0 Å². The second-order valence-electron chi connectivity index (χ2n) is 9.51. The summed E-state index contributed by atoms with van der Waals surface area (Å²) < 4.78 is 2.64. The van der Waals surface area contributed by atoms with Crippen LogP contribution >= 0.6 is 11.3 Å². The molecule has 0 aliphatic rings. The molecule has 2 heterocycles. The van der Waals surface area contributed by atoms with Gasteiger partial charge in [-0.2, -0.15) is 0 Å². The Hall–Kier alpha value is -2.71. The van der Waals surface area contributed by atoms with Gasteiger partial charge in [0, 0.05) is 27.2 Å². The molecule has 0 unspecified atom stereocenters. The minimum Gasteiger partial charge on any atom is -0.255 e. The summed E-state index contributed by atoms with van der Waals surface area (Å²) in [4.78, 5) is 4.89. The summed E-state index contributed by atoms with van der Waals surface area (Å²) in [6.07, 6.45) is 1.98. The van der Waals surface area contributed by atoms with Crippen molar-refractivity contribution in [2.24, 2.45) is 0 Å². The molecule has 30 heavy (non-hydrogen) atoms. The standard InChI is InChI=1S/C28H27NS/c1-17(2)20-11-8-12-24-25(20)22-13-14-29-26(27(22)30-24)19-15-18-9-6-7-10-21(18)23(16-19)28(3,4)5/h6-17H,1-5H3. The number of fused-ring (bicyclic) bond motifs is 4. The van der Waals surface area contributed by atoms with Crippen molar-refractivity contribution >= 4 is 42.3 Å². The Morgan fingerprint density at radius 2 is 1.67 bits per heavy atom. The van der Waals surface area contributed by atoms with E-state index in [1.807, 2.05) is 17.5 Å². The van der Waals surface area contributed by atoms with Crippen LogP contribution in [0.5, 0.6) is 0 Å². The van der Waals surface area contributed by atoms with Gasteiger partial charge in [0.25, 0.3) is 0 Å². The molecule has 5 aromatic rings. The lowest BCUT2D eigenvalue weighted by atomic mass is 9.82. The van der Waals surface area contributed by atoms with E-state index < -0.39 is 0 Å². The Morgan fingerprint density at radius 3 is 2.43 bits per heavy atom. The molecular weight excluding hydrogens is 382 g/mol. The van der Waals surface area contributed by atoms with Crippen LogP contribution in [0.15, 0.2) is 66.9 Å². The van der Waals surface area contributed by atoms with E-state index in [1.54, 1.807) is 0 Å². The molecule has 0 fully saturated rings. The Balaban J connectivity index is 1.85. The molecule has 0 aliphatic heterocycles. The second kappa shape index (κ2) is 6.92. The van der Waals surface area contributed by atoms with Crippen molar-refractivity contribution in [1.29, 1.82) is 0 Å². The fraction of sp³-hybridized carbons (Fsp3) is 0.250. The molecule has 0 bridgehead atoms. The molecule has 2 aromatic heterocycles. The van der Waals surface area contributed by atoms with E-state index in [2.05, 4.69) is 95.3 Å². The quantitative estimate of drug-likeness (QED) is 0.284. The minimum absolute atomic E-state index is 0.0640. The Kier molecular flexibility index (Phi) is 4.44. The number of hydrogen-bond donors (Lipinski definition) is 0. The van der Waals surface area contributed by atoms with Crippen LogP contribution in [0.25, 0.3) is 42.2 Å². The van der Waals surface area contributed by atoms with Crippen molar-refractivity contribution in [2.75, 3.05) is 0 Å². The van der Waals surface area contributed by atoms with Gasteiger partial charge in [-0.05, 0) is 57.5 Å². The first-order chi connectivity index (χ1) is 14.3. The SMILES string of the molecule is CC(C)c1cccc2sc3c(-c4cc(C(C)(C)C)c5ccccc5c4)nccc3c12. The van der Waals surface area contributed by atoms with E-state index in [9.17, 15) is 0 Å². The summed E-state index contributed by atoms with van der Waals surface area (Å²) in [7, 11) is 0. The third kappa shape index (κ3) is 3.02. The van der Waals surface area contributed by atoms with E-state index in [0.29, 0.717) is 5.92 Å². The highest BCUT2D eigenvalue weighted by molar-refractivity contribution is 7.26. The van der Waals surface area contributed by atoms with Gasteiger partial charge >= 0.3 is 0 Å². The maximum Gasteiger partial charge on any atom is 0.0880 e. The first kappa shape index (κ1) is 19.3. The van der Waals surface area contributed by atoms with Gasteiger partial charge in [-0.3, -0.25) is 4.98 Å². The molecule has 5 rings (SSSR count). The van der Waals surface area contributed by atoms with Gasteiger partial charge < -0.3 is 0 Å². The Labute approximate surface area is 182 Å².